The molecule has 1 fully saturated rings. The summed E-state index contributed by atoms with van der Waals surface area (Å²) in [6.07, 6.45) is 4.63. The molecule has 0 amide bonds. The van der Waals surface area contributed by atoms with E-state index in [0.717, 1.165) is 32.2 Å². The van der Waals surface area contributed by atoms with Gasteiger partial charge in [0.2, 0.25) is 0 Å². The van der Waals surface area contributed by atoms with Gasteiger partial charge in [-0.3, -0.25) is 0 Å². The first-order valence-corrected chi connectivity index (χ1v) is 7.93. The fraction of sp³-hybridized carbons (Fsp3) is 0.786. The van der Waals surface area contributed by atoms with Crippen molar-refractivity contribution in [3.63, 3.8) is 0 Å². The molecule has 4 nitrogen and oxygen atoms in total. The third-order valence-corrected chi connectivity index (χ3v) is 4.72. The normalized spacial score (nSPS) is 23.8. The quantitative estimate of drug-likeness (QED) is 0.814. The largest absolute Gasteiger partial charge is 0.383 e. The summed E-state index contributed by atoms with van der Waals surface area (Å²) in [4.78, 5) is 8.37. The lowest BCUT2D eigenvalue weighted by Crippen LogP contribution is -2.40. The lowest BCUT2D eigenvalue weighted by atomic mass is 9.96. The fourth-order valence-electron chi connectivity index (χ4n) is 2.45. The van der Waals surface area contributed by atoms with Gasteiger partial charge in [-0.2, -0.15) is 0 Å². The van der Waals surface area contributed by atoms with Gasteiger partial charge >= 0.3 is 0 Å². The summed E-state index contributed by atoms with van der Waals surface area (Å²) < 4.78 is 5.02. The Kier molecular flexibility index (Phi) is 5.60. The Balaban J connectivity index is 1.88. The Bertz CT molecular complexity index is 383. The molecule has 0 aliphatic carbocycles. The van der Waals surface area contributed by atoms with Crippen molar-refractivity contribution >= 4 is 16.5 Å². The van der Waals surface area contributed by atoms with Crippen molar-refractivity contribution < 1.29 is 4.74 Å². The number of ether oxygens (including phenoxy) is 1. The van der Waals surface area contributed by atoms with Crippen LogP contribution in [-0.4, -0.2) is 37.8 Å². The zero-order chi connectivity index (χ0) is 13.7. The Morgan fingerprint density at radius 2 is 2.32 bits per heavy atom. The van der Waals surface area contributed by atoms with Crippen LogP contribution in [0.3, 0.4) is 0 Å². The highest BCUT2D eigenvalue weighted by atomic mass is 32.1. The highest BCUT2D eigenvalue weighted by Crippen LogP contribution is 2.30. The Morgan fingerprint density at radius 1 is 1.47 bits per heavy atom. The van der Waals surface area contributed by atoms with Crippen molar-refractivity contribution in [3.8, 4) is 0 Å². The Hall–Kier alpha value is -0.650. The van der Waals surface area contributed by atoms with E-state index in [1.165, 1.54) is 22.9 Å². The van der Waals surface area contributed by atoms with Crippen LogP contribution in [0.15, 0.2) is 6.20 Å². The molecule has 5 heteroatoms. The average Bonchev–Trinajstić information content (AvgIpc) is 2.86. The smallest absolute Gasteiger partial charge is 0.185 e. The van der Waals surface area contributed by atoms with Crippen LogP contribution in [0.5, 0.6) is 0 Å². The van der Waals surface area contributed by atoms with E-state index in [2.05, 4.69) is 29.0 Å². The summed E-state index contributed by atoms with van der Waals surface area (Å²) in [7, 11) is 1.73. The van der Waals surface area contributed by atoms with Gasteiger partial charge in [-0.25, -0.2) is 4.98 Å². The lowest BCUT2D eigenvalue weighted by molar-refractivity contribution is 0.199. The maximum Gasteiger partial charge on any atom is 0.185 e. The molecule has 2 heterocycles. The SMILES string of the molecule is COCCNCc1cnc(N2CC(C)CCC2C)s1. The molecule has 2 rings (SSSR count). The predicted octanol–water partition coefficient (Wildman–Crippen LogP) is 2.50. The van der Waals surface area contributed by atoms with E-state index in [9.17, 15) is 0 Å². The van der Waals surface area contributed by atoms with Crippen molar-refractivity contribution in [2.75, 3.05) is 31.7 Å². The standard InChI is InChI=1S/C14H25N3OS/c1-11-4-5-12(2)17(10-11)14-16-9-13(19-14)8-15-6-7-18-3/h9,11-12,15H,4-8,10H2,1-3H3. The van der Waals surface area contributed by atoms with Gasteiger partial charge < -0.3 is 15.0 Å². The maximum atomic E-state index is 5.02. The minimum absolute atomic E-state index is 0.622. The molecule has 1 aliphatic heterocycles. The minimum atomic E-state index is 0.622. The van der Waals surface area contributed by atoms with Gasteiger partial charge in [-0.15, -0.1) is 11.3 Å². The number of nitrogens with one attached hydrogen (secondary N) is 1. The number of hydrogen-bond acceptors (Lipinski definition) is 5. The van der Waals surface area contributed by atoms with Crippen molar-refractivity contribution in [3.05, 3.63) is 11.1 Å². The molecule has 19 heavy (non-hydrogen) atoms. The molecule has 1 aromatic rings. The second kappa shape index (κ2) is 7.22. The van der Waals surface area contributed by atoms with Crippen LogP contribution in [0.25, 0.3) is 0 Å². The van der Waals surface area contributed by atoms with Crippen LogP contribution in [0.4, 0.5) is 5.13 Å². The molecule has 1 aromatic heterocycles. The molecule has 0 bridgehead atoms. The monoisotopic (exact) mass is 283 g/mol. The minimum Gasteiger partial charge on any atom is -0.383 e. The van der Waals surface area contributed by atoms with E-state index >= 15 is 0 Å². The third kappa shape index (κ3) is 4.16. The molecule has 2 unspecified atom stereocenters. The number of anilines is 1. The molecule has 2 atom stereocenters. The van der Waals surface area contributed by atoms with Crippen LogP contribution in [-0.2, 0) is 11.3 Å². The van der Waals surface area contributed by atoms with Crippen LogP contribution >= 0.6 is 11.3 Å². The topological polar surface area (TPSA) is 37.4 Å². The molecule has 0 aromatic carbocycles. The number of piperidine rings is 1. The number of methoxy groups -OCH3 is 1. The van der Waals surface area contributed by atoms with Gasteiger partial charge in [-0.05, 0) is 25.7 Å². The van der Waals surface area contributed by atoms with E-state index in [1.807, 2.05) is 17.5 Å². The third-order valence-electron chi connectivity index (χ3n) is 3.69. The zero-order valence-corrected chi connectivity index (χ0v) is 13.0. The summed E-state index contributed by atoms with van der Waals surface area (Å²) >= 11 is 1.81. The van der Waals surface area contributed by atoms with Crippen molar-refractivity contribution in [1.82, 2.24) is 10.3 Å². The Labute approximate surface area is 120 Å². The molecule has 108 valence electrons. The van der Waals surface area contributed by atoms with Crippen LogP contribution in [0, 0.1) is 5.92 Å². The lowest BCUT2D eigenvalue weighted by Gasteiger charge is -2.36. The van der Waals surface area contributed by atoms with E-state index in [-0.39, 0.29) is 0 Å². The van der Waals surface area contributed by atoms with Gasteiger partial charge in [0.15, 0.2) is 5.13 Å². The molecule has 0 radical (unpaired) electrons. The highest BCUT2D eigenvalue weighted by Gasteiger charge is 2.24. The van der Waals surface area contributed by atoms with Gasteiger partial charge in [0.05, 0.1) is 6.61 Å². The molecule has 1 N–H and O–H groups in total. The molecule has 1 saturated heterocycles. The van der Waals surface area contributed by atoms with Crippen LogP contribution in [0.1, 0.15) is 31.6 Å². The first-order chi connectivity index (χ1) is 9.20. The maximum absolute atomic E-state index is 5.02. The summed E-state index contributed by atoms with van der Waals surface area (Å²) in [5, 5.41) is 4.55. The van der Waals surface area contributed by atoms with Crippen molar-refractivity contribution in [2.24, 2.45) is 5.92 Å². The van der Waals surface area contributed by atoms with Gasteiger partial charge in [0.25, 0.3) is 0 Å². The Morgan fingerprint density at radius 3 is 3.11 bits per heavy atom. The fourth-order valence-corrected chi connectivity index (χ4v) is 3.44. The molecule has 0 saturated carbocycles. The highest BCUT2D eigenvalue weighted by molar-refractivity contribution is 7.15. The van der Waals surface area contributed by atoms with Gasteiger partial charge in [-0.1, -0.05) is 6.92 Å². The first kappa shape index (κ1) is 14.8. The molecule has 0 spiro atoms. The van der Waals surface area contributed by atoms with Crippen LogP contribution in [0.2, 0.25) is 0 Å². The van der Waals surface area contributed by atoms with E-state index < -0.39 is 0 Å². The predicted molar refractivity (Wildman–Crippen MR) is 80.9 cm³/mol. The molecular formula is C14H25N3OS. The van der Waals surface area contributed by atoms with Gasteiger partial charge in [0, 0.05) is 43.9 Å². The van der Waals surface area contributed by atoms with Crippen molar-refractivity contribution in [1.29, 1.82) is 0 Å². The number of aromatic nitrogens is 1. The van der Waals surface area contributed by atoms with E-state index in [4.69, 9.17) is 4.74 Å². The summed E-state index contributed by atoms with van der Waals surface area (Å²) in [6, 6.07) is 0.622. The summed E-state index contributed by atoms with van der Waals surface area (Å²) in [5.74, 6) is 0.781. The number of hydrogen-bond donors (Lipinski definition) is 1. The van der Waals surface area contributed by atoms with Crippen LogP contribution < -0.4 is 10.2 Å². The molecule has 1 aliphatic rings. The zero-order valence-electron chi connectivity index (χ0n) is 12.2. The van der Waals surface area contributed by atoms with Crippen molar-refractivity contribution in [2.45, 2.75) is 39.3 Å². The summed E-state index contributed by atoms with van der Waals surface area (Å²) in [5.41, 5.74) is 0. The van der Waals surface area contributed by atoms with E-state index in [1.54, 1.807) is 7.11 Å². The van der Waals surface area contributed by atoms with E-state index in [0.29, 0.717) is 6.04 Å². The number of rotatable bonds is 6. The number of nitrogens with zero attached hydrogens (tertiary/aromatic N) is 2. The van der Waals surface area contributed by atoms with Gasteiger partial charge in [0.1, 0.15) is 0 Å². The summed E-state index contributed by atoms with van der Waals surface area (Å²) in [6.45, 7) is 8.32. The first-order valence-electron chi connectivity index (χ1n) is 7.11. The average molecular weight is 283 g/mol. The second-order valence-corrected chi connectivity index (χ2v) is 6.56. The second-order valence-electron chi connectivity index (χ2n) is 5.46. The number of thiazole rings is 1. The molecular weight excluding hydrogens is 258 g/mol.